The summed E-state index contributed by atoms with van der Waals surface area (Å²) in [6.45, 7) is 10.6. The molecule has 0 bridgehead atoms. The van der Waals surface area contributed by atoms with Crippen LogP contribution in [0.5, 0.6) is 0 Å². The van der Waals surface area contributed by atoms with Gasteiger partial charge in [-0.1, -0.05) is 32.0 Å². The van der Waals surface area contributed by atoms with Gasteiger partial charge in [0, 0.05) is 25.0 Å². The number of aryl methyl sites for hydroxylation is 2. The van der Waals surface area contributed by atoms with Crippen molar-refractivity contribution < 1.29 is 0 Å². The van der Waals surface area contributed by atoms with Crippen LogP contribution in [0.25, 0.3) is 0 Å². The van der Waals surface area contributed by atoms with E-state index < -0.39 is 0 Å². The van der Waals surface area contributed by atoms with E-state index in [-0.39, 0.29) is 0 Å². The van der Waals surface area contributed by atoms with Crippen LogP contribution in [0.3, 0.4) is 0 Å². The van der Waals surface area contributed by atoms with Crippen LogP contribution in [-0.4, -0.2) is 23.1 Å². The molecule has 1 N–H and O–H groups in total. The molecule has 0 saturated carbocycles. The number of aromatic nitrogens is 2. The molecular weight excluding hydrogens is 272 g/mol. The Balaban J connectivity index is 2.24. The van der Waals surface area contributed by atoms with Gasteiger partial charge in [0.25, 0.3) is 0 Å². The molecule has 0 aliphatic heterocycles. The predicted molar refractivity (Wildman–Crippen MR) is 94.0 cm³/mol. The molecular formula is C18H26N4. The lowest BCUT2D eigenvalue weighted by Gasteiger charge is -2.22. The maximum atomic E-state index is 4.69. The minimum Gasteiger partial charge on any atom is -0.341 e. The minimum absolute atomic E-state index is 0.805. The molecule has 1 heterocycles. The van der Waals surface area contributed by atoms with Gasteiger partial charge in [-0.2, -0.15) is 4.98 Å². The molecule has 22 heavy (non-hydrogen) atoms. The first-order chi connectivity index (χ1) is 10.7. The molecule has 0 unspecified atom stereocenters. The van der Waals surface area contributed by atoms with Gasteiger partial charge in [-0.25, -0.2) is 4.98 Å². The third-order valence-corrected chi connectivity index (χ3v) is 3.65. The second kappa shape index (κ2) is 7.78. The van der Waals surface area contributed by atoms with Crippen molar-refractivity contribution in [3.63, 3.8) is 0 Å². The second-order valence-corrected chi connectivity index (χ2v) is 5.62. The van der Waals surface area contributed by atoms with Crippen LogP contribution in [0.15, 0.2) is 30.5 Å². The van der Waals surface area contributed by atoms with Crippen molar-refractivity contribution in [3.8, 4) is 0 Å². The average molecular weight is 298 g/mol. The van der Waals surface area contributed by atoms with Crippen molar-refractivity contribution >= 4 is 17.5 Å². The monoisotopic (exact) mass is 298 g/mol. The summed E-state index contributed by atoms with van der Waals surface area (Å²) in [6, 6.07) is 8.22. The first-order valence-electron chi connectivity index (χ1n) is 8.07. The van der Waals surface area contributed by atoms with Crippen LogP contribution in [-0.2, 0) is 0 Å². The smallest absolute Gasteiger partial charge is 0.227 e. The quantitative estimate of drug-likeness (QED) is 0.819. The Morgan fingerprint density at radius 3 is 2.23 bits per heavy atom. The molecule has 0 aliphatic rings. The maximum absolute atomic E-state index is 4.69. The molecule has 4 heteroatoms. The Hall–Kier alpha value is -2.10. The van der Waals surface area contributed by atoms with E-state index in [0.29, 0.717) is 0 Å². The minimum atomic E-state index is 0.805. The fourth-order valence-corrected chi connectivity index (χ4v) is 2.56. The summed E-state index contributed by atoms with van der Waals surface area (Å²) in [7, 11) is 0. The highest BCUT2D eigenvalue weighted by Gasteiger charge is 2.09. The van der Waals surface area contributed by atoms with Crippen LogP contribution in [0.1, 0.15) is 37.8 Å². The van der Waals surface area contributed by atoms with Gasteiger partial charge >= 0.3 is 0 Å². The van der Waals surface area contributed by atoms with Crippen molar-refractivity contribution in [1.82, 2.24) is 9.97 Å². The number of nitrogens with zero attached hydrogens (tertiary/aromatic N) is 3. The Labute approximate surface area is 133 Å². The lowest BCUT2D eigenvalue weighted by molar-refractivity contribution is 0.721. The summed E-state index contributed by atoms with van der Waals surface area (Å²) >= 11 is 0. The average Bonchev–Trinajstić information content (AvgIpc) is 2.51. The normalized spacial score (nSPS) is 10.5. The number of rotatable bonds is 7. The van der Waals surface area contributed by atoms with E-state index in [1.54, 1.807) is 0 Å². The lowest BCUT2D eigenvalue weighted by Crippen LogP contribution is -2.27. The number of hydrogen-bond acceptors (Lipinski definition) is 4. The zero-order valence-electron chi connectivity index (χ0n) is 14.1. The van der Waals surface area contributed by atoms with Crippen LogP contribution >= 0.6 is 0 Å². The van der Waals surface area contributed by atoms with Gasteiger partial charge in [0.05, 0.1) is 0 Å². The molecule has 0 aliphatic carbocycles. The van der Waals surface area contributed by atoms with Crippen LogP contribution < -0.4 is 10.2 Å². The van der Waals surface area contributed by atoms with E-state index in [1.807, 2.05) is 12.3 Å². The van der Waals surface area contributed by atoms with E-state index in [1.165, 1.54) is 11.1 Å². The molecule has 0 radical (unpaired) electrons. The molecule has 1 aromatic carbocycles. The van der Waals surface area contributed by atoms with Crippen molar-refractivity contribution in [3.05, 3.63) is 41.6 Å². The molecule has 4 nitrogen and oxygen atoms in total. The zero-order valence-corrected chi connectivity index (χ0v) is 14.1. The second-order valence-electron chi connectivity index (χ2n) is 5.62. The van der Waals surface area contributed by atoms with Crippen molar-refractivity contribution in [2.24, 2.45) is 0 Å². The largest absolute Gasteiger partial charge is 0.341 e. The van der Waals surface area contributed by atoms with E-state index in [9.17, 15) is 0 Å². The highest BCUT2D eigenvalue weighted by molar-refractivity contribution is 5.64. The summed E-state index contributed by atoms with van der Waals surface area (Å²) in [5.74, 6) is 1.65. The lowest BCUT2D eigenvalue weighted by atomic mass is 10.1. The Kier molecular flexibility index (Phi) is 5.75. The summed E-state index contributed by atoms with van der Waals surface area (Å²) in [5, 5.41) is 3.44. The SMILES string of the molecule is CCCN(CCC)c1nccc(Nc2c(C)cccc2C)n1. The third-order valence-electron chi connectivity index (χ3n) is 3.65. The van der Waals surface area contributed by atoms with Gasteiger partial charge in [0.1, 0.15) is 5.82 Å². The van der Waals surface area contributed by atoms with Gasteiger partial charge < -0.3 is 10.2 Å². The van der Waals surface area contributed by atoms with Gasteiger partial charge in [0.2, 0.25) is 5.95 Å². The summed E-state index contributed by atoms with van der Waals surface area (Å²) in [5.41, 5.74) is 3.57. The maximum Gasteiger partial charge on any atom is 0.227 e. The van der Waals surface area contributed by atoms with Crippen LogP contribution in [0, 0.1) is 13.8 Å². The Bertz CT molecular complexity index is 584. The van der Waals surface area contributed by atoms with E-state index in [2.05, 4.69) is 61.1 Å². The molecule has 2 aromatic rings. The van der Waals surface area contributed by atoms with Crippen LogP contribution in [0.2, 0.25) is 0 Å². The number of nitrogens with one attached hydrogen (secondary N) is 1. The van der Waals surface area contributed by atoms with Gasteiger partial charge in [-0.15, -0.1) is 0 Å². The summed E-state index contributed by atoms with van der Waals surface area (Å²) in [6.07, 6.45) is 4.02. The first-order valence-corrected chi connectivity index (χ1v) is 8.07. The Morgan fingerprint density at radius 1 is 1.00 bits per heavy atom. The number of para-hydroxylation sites is 1. The molecule has 1 aromatic heterocycles. The standard InChI is InChI=1S/C18H26N4/c1-5-12-22(13-6-2)18-19-11-10-16(21-18)20-17-14(3)8-7-9-15(17)4/h7-11H,5-6,12-13H2,1-4H3,(H,19,20,21). The first kappa shape index (κ1) is 16.3. The summed E-state index contributed by atoms with van der Waals surface area (Å²) in [4.78, 5) is 11.4. The molecule has 2 rings (SSSR count). The van der Waals surface area contributed by atoms with E-state index in [4.69, 9.17) is 4.98 Å². The fraction of sp³-hybridized carbons (Fsp3) is 0.444. The highest BCUT2D eigenvalue weighted by atomic mass is 15.3. The number of anilines is 3. The van der Waals surface area contributed by atoms with Crippen molar-refractivity contribution in [1.29, 1.82) is 0 Å². The molecule has 0 atom stereocenters. The van der Waals surface area contributed by atoms with Crippen molar-refractivity contribution in [2.45, 2.75) is 40.5 Å². The molecule has 0 spiro atoms. The molecule has 0 saturated heterocycles. The van der Waals surface area contributed by atoms with Gasteiger partial charge in [-0.3, -0.25) is 0 Å². The predicted octanol–water partition coefficient (Wildman–Crippen LogP) is 4.46. The summed E-state index contributed by atoms with van der Waals surface area (Å²) < 4.78 is 0. The van der Waals surface area contributed by atoms with E-state index in [0.717, 1.165) is 43.4 Å². The Morgan fingerprint density at radius 2 is 1.64 bits per heavy atom. The van der Waals surface area contributed by atoms with Crippen LogP contribution in [0.4, 0.5) is 17.5 Å². The number of benzene rings is 1. The van der Waals surface area contributed by atoms with Gasteiger partial charge in [-0.05, 0) is 43.9 Å². The van der Waals surface area contributed by atoms with Crippen molar-refractivity contribution in [2.75, 3.05) is 23.3 Å². The molecule has 118 valence electrons. The number of hydrogen-bond donors (Lipinski definition) is 1. The third kappa shape index (κ3) is 3.97. The topological polar surface area (TPSA) is 41.1 Å². The van der Waals surface area contributed by atoms with Gasteiger partial charge in [0.15, 0.2) is 0 Å². The fourth-order valence-electron chi connectivity index (χ4n) is 2.56. The zero-order chi connectivity index (χ0) is 15.9. The molecule has 0 fully saturated rings. The highest BCUT2D eigenvalue weighted by Crippen LogP contribution is 2.24. The molecule has 0 amide bonds. The van der Waals surface area contributed by atoms with E-state index >= 15 is 0 Å².